The first-order chi connectivity index (χ1) is 20.6. The third kappa shape index (κ3) is 3.42. The van der Waals surface area contributed by atoms with Crippen LogP contribution in [0.3, 0.4) is 0 Å². The van der Waals surface area contributed by atoms with Crippen LogP contribution in [0.4, 0.5) is 0 Å². The molecule has 12 heteroatoms. The Labute approximate surface area is 252 Å². The van der Waals surface area contributed by atoms with Crippen LogP contribution in [-0.4, -0.2) is 77.0 Å². The number of phenols is 1. The number of aryl methyl sites for hydroxylation is 1. The maximum atomic E-state index is 12.9. The number of rotatable bonds is 2. The van der Waals surface area contributed by atoms with E-state index in [1.165, 1.54) is 18.7 Å². The third-order valence-electron chi connectivity index (χ3n) is 10.1. The van der Waals surface area contributed by atoms with Gasteiger partial charge in [-0.2, -0.15) is 0 Å². The van der Waals surface area contributed by atoms with Gasteiger partial charge in [-0.05, 0) is 38.3 Å². The Hall–Kier alpha value is -3.48. The van der Waals surface area contributed by atoms with Gasteiger partial charge in [0.25, 0.3) is 0 Å². The number of phenolic OH excluding ortho intramolecular Hbond substituents is 1. The first-order valence-electron chi connectivity index (χ1n) is 14.5. The molecule has 0 aromatic heterocycles. The Morgan fingerprint density at radius 1 is 1.09 bits per heavy atom. The van der Waals surface area contributed by atoms with E-state index < -0.39 is 29.0 Å². The first kappa shape index (κ1) is 27.1. The van der Waals surface area contributed by atoms with Crippen molar-refractivity contribution in [2.45, 2.75) is 69.1 Å². The molecular weight excluding hydrogens is 576 g/mol. The first-order valence-corrected chi connectivity index (χ1v) is 15.5. The molecule has 6 atom stereocenters. The second kappa shape index (κ2) is 9.02. The minimum Gasteiger partial charge on any atom is -0.504 e. The molecule has 8 rings (SSSR count). The molecule has 0 spiro atoms. The summed E-state index contributed by atoms with van der Waals surface area (Å²) >= 11 is 1.34. The van der Waals surface area contributed by atoms with Crippen molar-refractivity contribution in [2.75, 3.05) is 32.8 Å². The van der Waals surface area contributed by atoms with E-state index >= 15 is 0 Å². The largest absolute Gasteiger partial charge is 0.504 e. The summed E-state index contributed by atoms with van der Waals surface area (Å²) in [5, 5.41) is 11.3. The van der Waals surface area contributed by atoms with Gasteiger partial charge >= 0.3 is 11.9 Å². The molecular formula is C31H32N2O9S. The van der Waals surface area contributed by atoms with E-state index in [0.29, 0.717) is 28.6 Å². The maximum absolute atomic E-state index is 12.9. The van der Waals surface area contributed by atoms with Crippen molar-refractivity contribution in [2.24, 2.45) is 0 Å². The lowest BCUT2D eigenvalue weighted by Crippen LogP contribution is -2.65. The number of carbonyl (C=O) groups is 3. The number of ketones is 1. The van der Waals surface area contributed by atoms with Gasteiger partial charge in [0.05, 0.1) is 30.2 Å². The summed E-state index contributed by atoms with van der Waals surface area (Å²) in [6, 6.07) is 1.12. The van der Waals surface area contributed by atoms with Crippen LogP contribution in [-0.2, 0) is 19.1 Å². The van der Waals surface area contributed by atoms with Gasteiger partial charge in [0.15, 0.2) is 23.0 Å². The average Bonchev–Trinajstić information content (AvgIpc) is 3.63. The predicted octanol–water partition coefficient (Wildman–Crippen LogP) is 3.57. The molecule has 4 bridgehead atoms. The number of hydrogen-bond donors (Lipinski definition) is 1. The van der Waals surface area contributed by atoms with E-state index in [-0.39, 0.29) is 48.6 Å². The van der Waals surface area contributed by atoms with Crippen LogP contribution in [0, 0.1) is 13.8 Å². The van der Waals surface area contributed by atoms with E-state index in [1.807, 2.05) is 13.8 Å². The highest BCUT2D eigenvalue weighted by molar-refractivity contribution is 8.00. The number of cyclic esters (lactones) is 1. The molecule has 11 nitrogen and oxygen atoms in total. The highest BCUT2D eigenvalue weighted by Crippen LogP contribution is 2.69. The molecule has 2 aromatic rings. The Kier molecular flexibility index (Phi) is 5.69. The molecule has 1 N–H and O–H groups in total. The number of aromatic hydroxyl groups is 1. The zero-order valence-corrected chi connectivity index (χ0v) is 25.3. The zero-order chi connectivity index (χ0) is 30.1. The molecule has 3 saturated heterocycles. The Morgan fingerprint density at radius 2 is 1.86 bits per heavy atom. The van der Waals surface area contributed by atoms with Crippen molar-refractivity contribution in [1.29, 1.82) is 0 Å². The van der Waals surface area contributed by atoms with Crippen LogP contribution in [0.1, 0.15) is 77.0 Å². The van der Waals surface area contributed by atoms with E-state index in [2.05, 4.69) is 22.8 Å². The van der Waals surface area contributed by atoms with Gasteiger partial charge in [-0.3, -0.25) is 19.4 Å². The van der Waals surface area contributed by atoms with Crippen molar-refractivity contribution in [3.8, 4) is 28.7 Å². The zero-order valence-electron chi connectivity index (χ0n) is 24.5. The minimum absolute atomic E-state index is 0.00844. The van der Waals surface area contributed by atoms with Crippen LogP contribution in [0.25, 0.3) is 0 Å². The summed E-state index contributed by atoms with van der Waals surface area (Å²) < 4.78 is 29.4. The molecule has 43 heavy (non-hydrogen) atoms. The van der Waals surface area contributed by atoms with Crippen molar-refractivity contribution >= 4 is 29.5 Å². The average molecular weight is 609 g/mol. The third-order valence-corrected chi connectivity index (χ3v) is 11.4. The summed E-state index contributed by atoms with van der Waals surface area (Å²) in [4.78, 5) is 43.1. The smallest absolute Gasteiger partial charge is 0.375 e. The number of esters is 2. The molecule has 6 heterocycles. The van der Waals surface area contributed by atoms with E-state index in [1.54, 1.807) is 7.11 Å². The lowest BCUT2D eigenvalue weighted by Gasteiger charge is -2.59. The molecule has 6 aliphatic rings. The fourth-order valence-electron chi connectivity index (χ4n) is 8.79. The molecule has 3 fully saturated rings. The predicted molar refractivity (Wildman–Crippen MR) is 153 cm³/mol. The van der Waals surface area contributed by atoms with E-state index in [4.69, 9.17) is 23.7 Å². The monoisotopic (exact) mass is 608 g/mol. The van der Waals surface area contributed by atoms with Gasteiger partial charge in [-0.15, -0.1) is 11.8 Å². The van der Waals surface area contributed by atoms with Gasteiger partial charge in [0.1, 0.15) is 12.4 Å². The number of Topliss-reactive ketones (excluding diaryl/α,β-unsaturated/α-hetero) is 1. The molecule has 0 saturated carbocycles. The van der Waals surface area contributed by atoms with Crippen molar-refractivity contribution in [1.82, 2.24) is 9.80 Å². The normalized spacial score (nSPS) is 31.8. The number of ether oxygens (including phenoxy) is 5. The van der Waals surface area contributed by atoms with Gasteiger partial charge < -0.3 is 28.8 Å². The second-order valence-corrected chi connectivity index (χ2v) is 13.6. The summed E-state index contributed by atoms with van der Waals surface area (Å²) in [5.74, 6) is -0.0708. The van der Waals surface area contributed by atoms with Crippen molar-refractivity contribution < 1.29 is 43.2 Å². The number of piperazine rings is 1. The Morgan fingerprint density at radius 3 is 2.60 bits per heavy atom. The topological polar surface area (TPSA) is 124 Å². The number of thioether (sulfide) groups is 1. The molecule has 1 unspecified atom stereocenters. The maximum Gasteiger partial charge on any atom is 0.375 e. The van der Waals surface area contributed by atoms with Gasteiger partial charge in [0.2, 0.25) is 12.6 Å². The number of benzene rings is 2. The quantitative estimate of drug-likeness (QED) is 0.305. The number of methoxy groups -OCH3 is 1. The van der Waals surface area contributed by atoms with Crippen LogP contribution >= 0.6 is 11.8 Å². The molecule has 0 radical (unpaired) electrons. The van der Waals surface area contributed by atoms with Crippen LogP contribution in [0.5, 0.6) is 28.7 Å². The van der Waals surface area contributed by atoms with Crippen LogP contribution < -0.4 is 18.9 Å². The van der Waals surface area contributed by atoms with Gasteiger partial charge in [-0.1, -0.05) is 6.07 Å². The molecule has 226 valence electrons. The lowest BCUT2D eigenvalue weighted by molar-refractivity contribution is -0.157. The Bertz CT molecular complexity index is 1660. The fourth-order valence-corrected chi connectivity index (χ4v) is 10.1. The molecule has 2 aromatic carbocycles. The van der Waals surface area contributed by atoms with Crippen LogP contribution in [0.15, 0.2) is 6.07 Å². The second-order valence-electron chi connectivity index (χ2n) is 12.5. The summed E-state index contributed by atoms with van der Waals surface area (Å²) in [6.07, 6.45) is 0.788. The highest BCUT2D eigenvalue weighted by atomic mass is 32.2. The van der Waals surface area contributed by atoms with Crippen molar-refractivity contribution in [3.05, 3.63) is 39.4 Å². The Balaban J connectivity index is 1.44. The standard InChI is InChI=1S/C31H32N2O9S/c1-12-6-15-16-7-31(4)10-32(16)22(19(15)24(36)25(12)38-5)23-29-21-20(17(33(23)31)8-39-30(37)18(35)9-43-29)28-27(40-11-41-28)13(2)26(21)42-14(3)34/h6,16-17,22-23,29,36H,7-11H2,1-5H3/t16-,17+,22-,23?,29-,31-/m1/s1. The lowest BCUT2D eigenvalue weighted by atomic mass is 9.74. The van der Waals surface area contributed by atoms with Crippen molar-refractivity contribution in [3.63, 3.8) is 0 Å². The molecule has 0 aliphatic carbocycles. The van der Waals surface area contributed by atoms with Gasteiger partial charge in [-0.25, -0.2) is 4.79 Å². The number of fused-ring (bicyclic) bond motifs is 9. The highest BCUT2D eigenvalue weighted by Gasteiger charge is 2.67. The minimum atomic E-state index is -0.862. The van der Waals surface area contributed by atoms with E-state index in [9.17, 15) is 19.5 Å². The number of nitrogens with zero attached hydrogens (tertiary/aromatic N) is 2. The van der Waals surface area contributed by atoms with Crippen LogP contribution in [0.2, 0.25) is 0 Å². The number of hydrogen-bond acceptors (Lipinski definition) is 12. The fraction of sp³-hybridized carbons (Fsp3) is 0.516. The molecule has 0 amide bonds. The summed E-state index contributed by atoms with van der Waals surface area (Å²) in [6.45, 7) is 8.02. The molecule has 6 aliphatic heterocycles. The van der Waals surface area contributed by atoms with E-state index in [0.717, 1.165) is 40.8 Å². The number of carbonyl (C=O) groups excluding carboxylic acids is 3. The summed E-state index contributed by atoms with van der Waals surface area (Å²) in [5.41, 5.74) is 4.58. The summed E-state index contributed by atoms with van der Waals surface area (Å²) in [7, 11) is 1.56. The van der Waals surface area contributed by atoms with Gasteiger partial charge in [0, 0.05) is 53.3 Å². The SMILES string of the molecule is COc1c(C)cc2c(c1O)[C@@H]1C3[C@@H]4SCC(=O)C(=O)OC[C@@H](c5c6c(c(C)c(OC(C)=O)c54)OCO6)N3[C@]3(C)C[C@H]2N1C3.